The Labute approximate surface area is 122 Å². The molecule has 0 aromatic heterocycles. The molecule has 2 N–H and O–H groups in total. The van der Waals surface area contributed by atoms with Crippen LogP contribution in [0.3, 0.4) is 0 Å². The molecule has 3 heteroatoms. The first kappa shape index (κ1) is 15.5. The van der Waals surface area contributed by atoms with Crippen LogP contribution in [0.25, 0.3) is 0 Å². The predicted octanol–water partition coefficient (Wildman–Crippen LogP) is 3.73. The lowest BCUT2D eigenvalue weighted by molar-refractivity contribution is 0.0793. The van der Waals surface area contributed by atoms with Gasteiger partial charge in [-0.05, 0) is 43.8 Å². The topological polar surface area (TPSA) is 29.3 Å². The monoisotopic (exact) mass is 278 g/mol. The number of nitrogens with zero attached hydrogens (tertiary/aromatic N) is 1. The molecule has 1 heterocycles. The van der Waals surface area contributed by atoms with E-state index in [1.54, 1.807) is 12.1 Å². The molecule has 1 fully saturated rings. The molecule has 1 aromatic rings. The van der Waals surface area contributed by atoms with Crippen LogP contribution in [0.15, 0.2) is 24.3 Å². The van der Waals surface area contributed by atoms with Crippen molar-refractivity contribution in [2.24, 2.45) is 11.1 Å². The summed E-state index contributed by atoms with van der Waals surface area (Å²) in [5.74, 6) is -0.133. The molecule has 1 aliphatic heterocycles. The molecule has 0 radical (unpaired) electrons. The molecule has 0 spiro atoms. The van der Waals surface area contributed by atoms with Crippen LogP contribution in [0, 0.1) is 11.2 Å². The minimum atomic E-state index is -0.133. The lowest BCUT2D eigenvalue weighted by atomic mass is 9.81. The maximum atomic E-state index is 14.2. The van der Waals surface area contributed by atoms with Crippen molar-refractivity contribution in [1.82, 2.24) is 4.90 Å². The van der Waals surface area contributed by atoms with Gasteiger partial charge in [-0.2, -0.15) is 0 Å². The summed E-state index contributed by atoms with van der Waals surface area (Å²) in [6, 6.07) is 7.05. The number of hydrogen-bond donors (Lipinski definition) is 1. The zero-order valence-corrected chi connectivity index (χ0v) is 12.9. The summed E-state index contributed by atoms with van der Waals surface area (Å²) >= 11 is 0. The molecule has 1 saturated heterocycles. The molecule has 1 aliphatic rings. The summed E-state index contributed by atoms with van der Waals surface area (Å²) in [6.07, 6.45) is 3.15. The maximum Gasteiger partial charge on any atom is 0.128 e. The number of likely N-dealkylation sites (tertiary alicyclic amines) is 1. The van der Waals surface area contributed by atoms with Crippen molar-refractivity contribution >= 4 is 0 Å². The summed E-state index contributed by atoms with van der Waals surface area (Å²) in [5.41, 5.74) is 7.46. The van der Waals surface area contributed by atoms with Crippen molar-refractivity contribution in [3.63, 3.8) is 0 Å². The van der Waals surface area contributed by atoms with Crippen molar-refractivity contribution in [2.75, 3.05) is 13.1 Å². The fraction of sp³-hybridized carbons (Fsp3) is 0.647. The normalized spacial score (nSPS) is 22.4. The highest BCUT2D eigenvalue weighted by Crippen LogP contribution is 2.35. The van der Waals surface area contributed by atoms with Gasteiger partial charge < -0.3 is 5.73 Å². The van der Waals surface area contributed by atoms with Gasteiger partial charge in [0.2, 0.25) is 0 Å². The molecule has 1 aromatic carbocycles. The van der Waals surface area contributed by atoms with Crippen LogP contribution in [0.5, 0.6) is 0 Å². The fourth-order valence-electron chi connectivity index (χ4n) is 3.04. The molecule has 20 heavy (non-hydrogen) atoms. The lowest BCUT2D eigenvalue weighted by Gasteiger charge is -2.43. The zero-order valence-electron chi connectivity index (χ0n) is 12.9. The molecule has 0 aliphatic carbocycles. The summed E-state index contributed by atoms with van der Waals surface area (Å²) in [4.78, 5) is 2.37. The Kier molecular flexibility index (Phi) is 4.82. The van der Waals surface area contributed by atoms with Gasteiger partial charge in [0, 0.05) is 11.6 Å². The summed E-state index contributed by atoms with van der Waals surface area (Å²) < 4.78 is 14.2. The van der Waals surface area contributed by atoms with Crippen LogP contribution in [-0.4, -0.2) is 24.0 Å². The standard InChI is InChI=1S/C17H27FN2/c1-4-15(19)16(13-7-5-6-8-14(13)18)20-11-9-17(2,3)10-12-20/h5-8,15-16H,4,9-12,19H2,1-3H3. The van der Waals surface area contributed by atoms with Crippen molar-refractivity contribution in [3.05, 3.63) is 35.6 Å². The van der Waals surface area contributed by atoms with E-state index in [1.165, 1.54) is 0 Å². The maximum absolute atomic E-state index is 14.2. The van der Waals surface area contributed by atoms with E-state index in [0.29, 0.717) is 5.41 Å². The van der Waals surface area contributed by atoms with E-state index in [-0.39, 0.29) is 17.9 Å². The van der Waals surface area contributed by atoms with E-state index in [9.17, 15) is 4.39 Å². The Balaban J connectivity index is 2.23. The minimum absolute atomic E-state index is 0.00250. The van der Waals surface area contributed by atoms with Gasteiger partial charge in [0.15, 0.2) is 0 Å². The largest absolute Gasteiger partial charge is 0.326 e. The molecule has 2 atom stereocenters. The van der Waals surface area contributed by atoms with Gasteiger partial charge in [-0.3, -0.25) is 4.90 Å². The average Bonchev–Trinajstić information content (AvgIpc) is 2.42. The van der Waals surface area contributed by atoms with E-state index in [1.807, 2.05) is 12.1 Å². The van der Waals surface area contributed by atoms with Crippen LogP contribution in [0.4, 0.5) is 4.39 Å². The van der Waals surface area contributed by atoms with Gasteiger partial charge in [-0.15, -0.1) is 0 Å². The summed E-state index contributed by atoms with van der Waals surface area (Å²) in [5, 5.41) is 0. The van der Waals surface area contributed by atoms with Crippen LogP contribution in [0.1, 0.15) is 51.6 Å². The predicted molar refractivity (Wildman–Crippen MR) is 82.0 cm³/mol. The Hall–Kier alpha value is -0.930. The third-order valence-electron chi connectivity index (χ3n) is 4.65. The number of piperidine rings is 1. The van der Waals surface area contributed by atoms with E-state index in [2.05, 4.69) is 25.7 Å². The van der Waals surface area contributed by atoms with Crippen LogP contribution >= 0.6 is 0 Å². The minimum Gasteiger partial charge on any atom is -0.326 e. The molecule has 2 unspecified atom stereocenters. The number of rotatable bonds is 4. The molecule has 112 valence electrons. The van der Waals surface area contributed by atoms with Gasteiger partial charge >= 0.3 is 0 Å². The summed E-state index contributed by atoms with van der Waals surface area (Å²) in [7, 11) is 0. The van der Waals surface area contributed by atoms with Gasteiger partial charge in [-0.1, -0.05) is 39.0 Å². The molecular formula is C17H27FN2. The third-order valence-corrected chi connectivity index (χ3v) is 4.65. The Bertz CT molecular complexity index is 434. The van der Waals surface area contributed by atoms with Crippen LogP contribution in [0.2, 0.25) is 0 Å². The fourth-order valence-corrected chi connectivity index (χ4v) is 3.04. The molecule has 0 bridgehead atoms. The molecule has 2 nitrogen and oxygen atoms in total. The summed E-state index contributed by atoms with van der Waals surface area (Å²) in [6.45, 7) is 8.69. The SMILES string of the molecule is CCC(N)C(c1ccccc1F)N1CCC(C)(C)CC1. The second-order valence-corrected chi connectivity index (χ2v) is 6.74. The number of nitrogens with two attached hydrogens (primary N) is 1. The van der Waals surface area contributed by atoms with Crippen LogP contribution < -0.4 is 5.73 Å². The molecule has 0 saturated carbocycles. The third kappa shape index (κ3) is 3.39. The second kappa shape index (κ2) is 6.23. The van der Waals surface area contributed by atoms with E-state index >= 15 is 0 Å². The molecule has 0 amide bonds. The number of halogens is 1. The lowest BCUT2D eigenvalue weighted by Crippen LogP contribution is -2.46. The van der Waals surface area contributed by atoms with Gasteiger partial charge in [0.25, 0.3) is 0 Å². The van der Waals surface area contributed by atoms with Gasteiger partial charge in [0.1, 0.15) is 5.82 Å². The molecule has 2 rings (SSSR count). The van der Waals surface area contributed by atoms with Gasteiger partial charge in [0.05, 0.1) is 6.04 Å². The smallest absolute Gasteiger partial charge is 0.128 e. The molecular weight excluding hydrogens is 251 g/mol. The van der Waals surface area contributed by atoms with Gasteiger partial charge in [-0.25, -0.2) is 4.39 Å². The van der Waals surface area contributed by atoms with Crippen molar-refractivity contribution in [2.45, 2.75) is 52.1 Å². The number of hydrogen-bond acceptors (Lipinski definition) is 2. The Morgan fingerprint density at radius 1 is 1.25 bits per heavy atom. The zero-order chi connectivity index (χ0) is 14.8. The Morgan fingerprint density at radius 3 is 2.40 bits per heavy atom. The van der Waals surface area contributed by atoms with E-state index in [4.69, 9.17) is 5.73 Å². The quantitative estimate of drug-likeness (QED) is 0.909. The van der Waals surface area contributed by atoms with Crippen LogP contribution in [-0.2, 0) is 0 Å². The second-order valence-electron chi connectivity index (χ2n) is 6.74. The highest BCUT2D eigenvalue weighted by molar-refractivity contribution is 5.23. The van der Waals surface area contributed by atoms with Crippen molar-refractivity contribution < 1.29 is 4.39 Å². The first-order valence-electron chi connectivity index (χ1n) is 7.68. The first-order chi connectivity index (χ1) is 9.44. The Morgan fingerprint density at radius 2 is 1.85 bits per heavy atom. The van der Waals surface area contributed by atoms with E-state index < -0.39 is 0 Å². The van der Waals surface area contributed by atoms with E-state index in [0.717, 1.165) is 37.9 Å². The number of benzene rings is 1. The highest BCUT2D eigenvalue weighted by atomic mass is 19.1. The van der Waals surface area contributed by atoms with Crippen molar-refractivity contribution in [1.29, 1.82) is 0 Å². The highest BCUT2D eigenvalue weighted by Gasteiger charge is 2.33. The first-order valence-corrected chi connectivity index (χ1v) is 7.68. The average molecular weight is 278 g/mol. The van der Waals surface area contributed by atoms with Crippen molar-refractivity contribution in [3.8, 4) is 0 Å².